The fraction of sp³-hybridized carbons (Fsp3) is 0.167. The Morgan fingerprint density at radius 3 is 2.62 bits per heavy atom. The largest absolute Gasteiger partial charge is 0.361 e. The molecule has 2 amide bonds. The third kappa shape index (κ3) is 3.35. The van der Waals surface area contributed by atoms with Gasteiger partial charge in [-0.3, -0.25) is 0 Å². The van der Waals surface area contributed by atoms with E-state index in [1.165, 1.54) is 0 Å². The second-order valence-electron chi connectivity index (χ2n) is 6.08. The smallest absolute Gasteiger partial charge is 0.319 e. The Labute approximate surface area is 150 Å². The minimum Gasteiger partial charge on any atom is -0.361 e. The van der Waals surface area contributed by atoms with Gasteiger partial charge in [0.15, 0.2) is 0 Å². The lowest BCUT2D eigenvalue weighted by Crippen LogP contribution is -2.43. The highest BCUT2D eigenvalue weighted by molar-refractivity contribution is 6.42. The van der Waals surface area contributed by atoms with Gasteiger partial charge in [-0.1, -0.05) is 35.3 Å². The number of hydrogen-bond donors (Lipinski definition) is 3. The summed E-state index contributed by atoms with van der Waals surface area (Å²) < 4.78 is 0. The lowest BCUT2D eigenvalue weighted by Gasteiger charge is -2.27. The molecule has 6 heteroatoms. The van der Waals surface area contributed by atoms with E-state index in [0.717, 1.165) is 22.2 Å². The summed E-state index contributed by atoms with van der Waals surface area (Å²) in [6.45, 7) is 3.81. The minimum atomic E-state index is -0.607. The first-order chi connectivity index (χ1) is 11.4. The summed E-state index contributed by atoms with van der Waals surface area (Å²) in [7, 11) is 0. The van der Waals surface area contributed by atoms with Gasteiger partial charge in [-0.25, -0.2) is 4.79 Å². The number of halogens is 2. The van der Waals surface area contributed by atoms with E-state index in [9.17, 15) is 4.79 Å². The van der Waals surface area contributed by atoms with Gasteiger partial charge in [0.25, 0.3) is 0 Å². The van der Waals surface area contributed by atoms with Gasteiger partial charge in [0, 0.05) is 17.1 Å². The Morgan fingerprint density at radius 2 is 1.88 bits per heavy atom. The number of amides is 2. The van der Waals surface area contributed by atoms with Crippen LogP contribution in [-0.2, 0) is 5.54 Å². The minimum absolute atomic E-state index is 0.292. The first-order valence-electron chi connectivity index (χ1n) is 7.47. The summed E-state index contributed by atoms with van der Waals surface area (Å²) in [5.74, 6) is 0. The van der Waals surface area contributed by atoms with E-state index in [2.05, 4.69) is 15.6 Å². The molecular weight excluding hydrogens is 345 g/mol. The van der Waals surface area contributed by atoms with Gasteiger partial charge in [-0.15, -0.1) is 0 Å². The Kier molecular flexibility index (Phi) is 4.43. The molecule has 0 aliphatic carbocycles. The maximum atomic E-state index is 12.4. The molecule has 24 heavy (non-hydrogen) atoms. The average Bonchev–Trinajstić information content (AvgIpc) is 2.99. The number of anilines is 1. The van der Waals surface area contributed by atoms with Crippen LogP contribution >= 0.6 is 23.2 Å². The van der Waals surface area contributed by atoms with Crippen molar-refractivity contribution in [2.75, 3.05) is 5.32 Å². The van der Waals surface area contributed by atoms with E-state index >= 15 is 0 Å². The summed E-state index contributed by atoms with van der Waals surface area (Å²) in [6, 6.07) is 12.7. The van der Waals surface area contributed by atoms with Crippen molar-refractivity contribution in [1.82, 2.24) is 10.3 Å². The number of hydrogen-bond acceptors (Lipinski definition) is 1. The molecule has 0 aliphatic rings. The molecule has 0 spiro atoms. The third-order valence-electron chi connectivity index (χ3n) is 3.91. The lowest BCUT2D eigenvalue weighted by molar-refractivity contribution is 0.242. The summed E-state index contributed by atoms with van der Waals surface area (Å²) >= 11 is 12.0. The van der Waals surface area contributed by atoms with Crippen LogP contribution in [0.1, 0.15) is 19.4 Å². The molecule has 0 saturated carbocycles. The standard InChI is InChI=1S/C18H17Cl2N3O/c1-18(2,11-6-7-13(19)14(20)10-11)23-17(24)22-16-5-3-4-15-12(16)8-9-21-15/h3-10,21H,1-2H3,(H2,22,23,24). The number of aromatic amines is 1. The van der Waals surface area contributed by atoms with Crippen LogP contribution in [0, 0.1) is 0 Å². The van der Waals surface area contributed by atoms with E-state index in [1.54, 1.807) is 12.1 Å². The van der Waals surface area contributed by atoms with Crippen LogP contribution < -0.4 is 10.6 Å². The molecule has 1 heterocycles. The quantitative estimate of drug-likeness (QED) is 0.564. The molecule has 3 aromatic rings. The lowest BCUT2D eigenvalue weighted by atomic mass is 9.94. The normalized spacial score (nSPS) is 11.5. The number of benzene rings is 2. The highest BCUT2D eigenvalue weighted by atomic mass is 35.5. The van der Waals surface area contributed by atoms with Crippen LogP contribution in [0.15, 0.2) is 48.7 Å². The van der Waals surface area contributed by atoms with Gasteiger partial charge in [0.05, 0.1) is 21.3 Å². The van der Waals surface area contributed by atoms with Gasteiger partial charge < -0.3 is 15.6 Å². The Balaban J connectivity index is 1.78. The van der Waals surface area contributed by atoms with Crippen molar-refractivity contribution in [3.05, 3.63) is 64.3 Å². The molecule has 0 saturated heterocycles. The first-order valence-corrected chi connectivity index (χ1v) is 8.23. The highest BCUT2D eigenvalue weighted by Gasteiger charge is 2.24. The molecule has 0 radical (unpaired) electrons. The maximum Gasteiger partial charge on any atom is 0.319 e. The molecule has 4 nitrogen and oxygen atoms in total. The van der Waals surface area contributed by atoms with Crippen LogP contribution in [0.25, 0.3) is 10.9 Å². The molecule has 1 aromatic heterocycles. The molecule has 3 N–H and O–H groups in total. The fourth-order valence-electron chi connectivity index (χ4n) is 2.59. The van der Waals surface area contributed by atoms with Crippen LogP contribution in [0.2, 0.25) is 10.0 Å². The SMILES string of the molecule is CC(C)(NC(=O)Nc1cccc2[nH]ccc12)c1ccc(Cl)c(Cl)c1. The molecule has 0 atom stereocenters. The number of nitrogens with one attached hydrogen (secondary N) is 3. The van der Waals surface area contributed by atoms with Gasteiger partial charge in [-0.05, 0) is 49.7 Å². The molecule has 2 aromatic carbocycles. The van der Waals surface area contributed by atoms with Gasteiger partial charge in [0.2, 0.25) is 0 Å². The predicted octanol–water partition coefficient (Wildman–Crippen LogP) is 5.53. The molecule has 124 valence electrons. The topological polar surface area (TPSA) is 56.9 Å². The van der Waals surface area contributed by atoms with Crippen molar-refractivity contribution < 1.29 is 4.79 Å². The molecule has 0 unspecified atom stereocenters. The maximum absolute atomic E-state index is 12.4. The third-order valence-corrected chi connectivity index (χ3v) is 4.65. The Bertz CT molecular complexity index is 902. The average molecular weight is 362 g/mol. The van der Waals surface area contributed by atoms with E-state index in [-0.39, 0.29) is 6.03 Å². The van der Waals surface area contributed by atoms with Crippen LogP contribution in [0.5, 0.6) is 0 Å². The van der Waals surface area contributed by atoms with Crippen molar-refractivity contribution >= 4 is 45.8 Å². The second-order valence-corrected chi connectivity index (χ2v) is 6.89. The summed E-state index contributed by atoms with van der Waals surface area (Å²) in [6.07, 6.45) is 1.84. The van der Waals surface area contributed by atoms with Crippen LogP contribution in [0.4, 0.5) is 10.5 Å². The van der Waals surface area contributed by atoms with Crippen LogP contribution in [-0.4, -0.2) is 11.0 Å². The number of urea groups is 1. The predicted molar refractivity (Wildman–Crippen MR) is 99.9 cm³/mol. The van der Waals surface area contributed by atoms with Crippen LogP contribution in [0.3, 0.4) is 0 Å². The summed E-state index contributed by atoms with van der Waals surface area (Å²) in [5.41, 5.74) is 1.98. The van der Waals surface area contributed by atoms with Gasteiger partial charge in [0.1, 0.15) is 0 Å². The molecule has 0 fully saturated rings. The zero-order chi connectivity index (χ0) is 17.3. The molecule has 0 bridgehead atoms. The number of carbonyl (C=O) groups excluding carboxylic acids is 1. The number of rotatable bonds is 3. The highest BCUT2D eigenvalue weighted by Crippen LogP contribution is 2.29. The van der Waals surface area contributed by atoms with Crippen molar-refractivity contribution in [3.8, 4) is 0 Å². The first kappa shape index (κ1) is 16.7. The fourth-order valence-corrected chi connectivity index (χ4v) is 2.89. The second kappa shape index (κ2) is 6.38. The molecule has 3 rings (SSSR count). The number of fused-ring (bicyclic) bond motifs is 1. The zero-order valence-corrected chi connectivity index (χ0v) is 14.8. The monoisotopic (exact) mass is 361 g/mol. The summed E-state index contributed by atoms with van der Waals surface area (Å²) in [5, 5.41) is 7.76. The van der Waals surface area contributed by atoms with Crippen molar-refractivity contribution in [2.45, 2.75) is 19.4 Å². The van der Waals surface area contributed by atoms with Crippen molar-refractivity contribution in [2.24, 2.45) is 0 Å². The molecular formula is C18H17Cl2N3O. The van der Waals surface area contributed by atoms with E-state index in [4.69, 9.17) is 23.2 Å². The molecule has 0 aliphatic heterocycles. The van der Waals surface area contributed by atoms with Gasteiger partial charge >= 0.3 is 6.03 Å². The van der Waals surface area contributed by atoms with Gasteiger partial charge in [-0.2, -0.15) is 0 Å². The Morgan fingerprint density at radius 1 is 1.08 bits per heavy atom. The number of H-pyrrole nitrogens is 1. The van der Waals surface area contributed by atoms with E-state index in [1.807, 2.05) is 50.4 Å². The number of carbonyl (C=O) groups is 1. The Hall–Kier alpha value is -2.17. The van der Waals surface area contributed by atoms with E-state index < -0.39 is 5.54 Å². The van der Waals surface area contributed by atoms with Crippen molar-refractivity contribution in [1.29, 1.82) is 0 Å². The van der Waals surface area contributed by atoms with E-state index in [0.29, 0.717) is 10.0 Å². The van der Waals surface area contributed by atoms with Crippen molar-refractivity contribution in [3.63, 3.8) is 0 Å². The summed E-state index contributed by atoms with van der Waals surface area (Å²) in [4.78, 5) is 15.5. The zero-order valence-electron chi connectivity index (χ0n) is 13.3. The number of aromatic nitrogens is 1.